The Morgan fingerprint density at radius 2 is 1.86 bits per heavy atom. The van der Waals surface area contributed by atoms with Crippen LogP contribution in [0.4, 0.5) is 0 Å². The summed E-state index contributed by atoms with van der Waals surface area (Å²) < 4.78 is 0.971. The van der Waals surface area contributed by atoms with Crippen molar-refractivity contribution in [2.24, 2.45) is 5.10 Å². The van der Waals surface area contributed by atoms with Crippen molar-refractivity contribution in [1.82, 2.24) is 5.01 Å². The fourth-order valence-corrected chi connectivity index (χ4v) is 4.06. The average Bonchev–Trinajstić information content (AvgIpc) is 3.13. The van der Waals surface area contributed by atoms with Crippen LogP contribution < -0.4 is 0 Å². The first-order valence-corrected chi connectivity index (χ1v) is 10.2. The van der Waals surface area contributed by atoms with E-state index in [1.165, 1.54) is 0 Å². The number of nitrogens with zero attached hydrogens (tertiary/aromatic N) is 2. The molecule has 140 valence electrons. The van der Waals surface area contributed by atoms with Crippen LogP contribution in [-0.4, -0.2) is 16.6 Å². The third kappa shape index (κ3) is 3.75. The van der Waals surface area contributed by atoms with Crippen molar-refractivity contribution < 1.29 is 4.79 Å². The maximum Gasteiger partial charge on any atom is 0.276 e. The predicted molar refractivity (Wildman–Crippen MR) is 117 cm³/mol. The second-order valence-electron chi connectivity index (χ2n) is 6.82. The van der Waals surface area contributed by atoms with E-state index in [-0.39, 0.29) is 11.9 Å². The topological polar surface area (TPSA) is 32.7 Å². The number of halogens is 2. The van der Waals surface area contributed by atoms with Crippen molar-refractivity contribution in [2.75, 3.05) is 0 Å². The maximum atomic E-state index is 13.3. The normalized spacial score (nSPS) is 16.2. The Hall–Kier alpha value is -2.43. The van der Waals surface area contributed by atoms with Gasteiger partial charge in [-0.05, 0) is 42.3 Å². The van der Waals surface area contributed by atoms with Gasteiger partial charge < -0.3 is 0 Å². The summed E-state index contributed by atoms with van der Waals surface area (Å²) in [6, 6.07) is 23.1. The molecule has 1 aliphatic heterocycles. The SMILES string of the molecule is Cc1cccc(C2=NN(C(=O)c3ccccc3Cl)C(c3cccc(Br)c3)C2)c1. The van der Waals surface area contributed by atoms with Gasteiger partial charge in [0, 0.05) is 10.9 Å². The largest absolute Gasteiger partial charge is 0.276 e. The van der Waals surface area contributed by atoms with Gasteiger partial charge in [0.05, 0.1) is 22.3 Å². The van der Waals surface area contributed by atoms with Crippen LogP contribution in [0.5, 0.6) is 0 Å². The lowest BCUT2D eigenvalue weighted by Crippen LogP contribution is -2.27. The highest BCUT2D eigenvalue weighted by Gasteiger charge is 2.34. The molecule has 1 heterocycles. The zero-order chi connectivity index (χ0) is 19.7. The molecule has 0 aliphatic carbocycles. The molecule has 0 radical (unpaired) electrons. The zero-order valence-electron chi connectivity index (χ0n) is 15.3. The second kappa shape index (κ2) is 7.90. The first kappa shape index (κ1) is 18.9. The number of hydrazone groups is 1. The molecule has 1 aliphatic rings. The van der Waals surface area contributed by atoms with E-state index in [4.69, 9.17) is 16.7 Å². The van der Waals surface area contributed by atoms with Gasteiger partial charge >= 0.3 is 0 Å². The van der Waals surface area contributed by atoms with Gasteiger partial charge in [-0.25, -0.2) is 5.01 Å². The lowest BCUT2D eigenvalue weighted by Gasteiger charge is -2.22. The number of amides is 1. The van der Waals surface area contributed by atoms with Crippen molar-refractivity contribution in [3.05, 3.63) is 105 Å². The Balaban J connectivity index is 1.77. The highest BCUT2D eigenvalue weighted by atomic mass is 79.9. The van der Waals surface area contributed by atoms with Crippen LogP contribution in [0.15, 0.2) is 82.4 Å². The number of aryl methyl sites for hydroxylation is 1. The van der Waals surface area contributed by atoms with Crippen LogP contribution in [0.25, 0.3) is 0 Å². The molecule has 0 aromatic heterocycles. The Morgan fingerprint density at radius 3 is 2.61 bits per heavy atom. The summed E-state index contributed by atoms with van der Waals surface area (Å²) in [7, 11) is 0. The molecule has 1 atom stereocenters. The van der Waals surface area contributed by atoms with E-state index < -0.39 is 0 Å². The molecule has 4 rings (SSSR count). The van der Waals surface area contributed by atoms with Crippen LogP contribution in [0.1, 0.15) is 39.5 Å². The summed E-state index contributed by atoms with van der Waals surface area (Å²) >= 11 is 9.82. The molecule has 3 nitrogen and oxygen atoms in total. The summed E-state index contributed by atoms with van der Waals surface area (Å²) in [5, 5.41) is 6.73. The fraction of sp³-hybridized carbons (Fsp3) is 0.130. The van der Waals surface area contributed by atoms with E-state index in [0.717, 1.165) is 26.9 Å². The van der Waals surface area contributed by atoms with Gasteiger partial charge in [-0.1, -0.05) is 81.6 Å². The Morgan fingerprint density at radius 1 is 1.07 bits per heavy atom. The molecule has 0 bridgehead atoms. The van der Waals surface area contributed by atoms with E-state index in [2.05, 4.69) is 35.0 Å². The van der Waals surface area contributed by atoms with Crippen LogP contribution in [0.2, 0.25) is 5.02 Å². The third-order valence-corrected chi connectivity index (χ3v) is 5.63. The zero-order valence-corrected chi connectivity index (χ0v) is 17.6. The minimum atomic E-state index is -0.196. The summed E-state index contributed by atoms with van der Waals surface area (Å²) in [4.78, 5) is 13.3. The number of hydrogen-bond acceptors (Lipinski definition) is 2. The molecule has 1 amide bonds. The van der Waals surface area contributed by atoms with E-state index in [1.807, 2.05) is 48.5 Å². The molecule has 0 N–H and O–H groups in total. The lowest BCUT2D eigenvalue weighted by atomic mass is 9.97. The predicted octanol–water partition coefficient (Wildman–Crippen LogP) is 6.40. The summed E-state index contributed by atoms with van der Waals surface area (Å²) in [6.07, 6.45) is 0.649. The molecule has 0 spiro atoms. The highest BCUT2D eigenvalue weighted by Crippen LogP contribution is 2.35. The fourth-order valence-electron chi connectivity index (χ4n) is 3.43. The molecule has 0 saturated heterocycles. The standard InChI is InChI=1S/C23H18BrClN2O/c1-15-6-4-7-16(12-15)21-14-22(17-8-5-9-18(24)13-17)27(26-21)23(28)19-10-2-3-11-20(19)25/h2-13,22H,14H2,1H3. The molecule has 0 fully saturated rings. The van der Waals surface area contributed by atoms with Gasteiger partial charge in [0.25, 0.3) is 5.91 Å². The number of hydrogen-bond donors (Lipinski definition) is 0. The quantitative estimate of drug-likeness (QED) is 0.451. The van der Waals surface area contributed by atoms with Crippen LogP contribution in [-0.2, 0) is 0 Å². The molecular formula is C23H18BrClN2O. The van der Waals surface area contributed by atoms with Crippen LogP contribution >= 0.6 is 27.5 Å². The van der Waals surface area contributed by atoms with Gasteiger partial charge in [-0.3, -0.25) is 4.79 Å². The Labute approximate surface area is 177 Å². The van der Waals surface area contributed by atoms with Crippen molar-refractivity contribution in [3.8, 4) is 0 Å². The van der Waals surface area contributed by atoms with Crippen LogP contribution in [0, 0.1) is 6.92 Å². The Bertz CT molecular complexity index is 1080. The van der Waals surface area contributed by atoms with Crippen molar-refractivity contribution in [3.63, 3.8) is 0 Å². The van der Waals surface area contributed by atoms with Gasteiger partial charge in [0.15, 0.2) is 0 Å². The van der Waals surface area contributed by atoms with Crippen molar-refractivity contribution in [2.45, 2.75) is 19.4 Å². The molecule has 3 aromatic carbocycles. The monoisotopic (exact) mass is 452 g/mol. The summed E-state index contributed by atoms with van der Waals surface area (Å²) in [6.45, 7) is 2.05. The second-order valence-corrected chi connectivity index (χ2v) is 8.14. The first-order valence-electron chi connectivity index (χ1n) is 9.01. The van der Waals surface area contributed by atoms with E-state index >= 15 is 0 Å². The van der Waals surface area contributed by atoms with Gasteiger partial charge in [0.2, 0.25) is 0 Å². The Kier molecular flexibility index (Phi) is 5.33. The number of rotatable bonds is 3. The maximum absolute atomic E-state index is 13.3. The van der Waals surface area contributed by atoms with Crippen molar-refractivity contribution >= 4 is 39.1 Å². The minimum Gasteiger partial charge on any atom is -0.267 e. The smallest absolute Gasteiger partial charge is 0.267 e. The molecule has 3 aromatic rings. The van der Waals surface area contributed by atoms with Gasteiger partial charge in [-0.2, -0.15) is 5.10 Å². The number of benzene rings is 3. The van der Waals surface area contributed by atoms with Gasteiger partial charge in [-0.15, -0.1) is 0 Å². The molecule has 1 unspecified atom stereocenters. The molecular weight excluding hydrogens is 436 g/mol. The van der Waals surface area contributed by atoms with E-state index in [0.29, 0.717) is 17.0 Å². The van der Waals surface area contributed by atoms with E-state index in [9.17, 15) is 4.79 Å². The minimum absolute atomic E-state index is 0.184. The van der Waals surface area contributed by atoms with Gasteiger partial charge in [0.1, 0.15) is 0 Å². The summed E-state index contributed by atoms with van der Waals surface area (Å²) in [5.41, 5.74) is 4.58. The van der Waals surface area contributed by atoms with E-state index in [1.54, 1.807) is 17.1 Å². The average molecular weight is 454 g/mol. The number of carbonyl (C=O) groups excluding carboxylic acids is 1. The molecule has 28 heavy (non-hydrogen) atoms. The summed E-state index contributed by atoms with van der Waals surface area (Å²) in [5.74, 6) is -0.196. The third-order valence-electron chi connectivity index (χ3n) is 4.81. The van der Waals surface area contributed by atoms with Crippen molar-refractivity contribution in [1.29, 1.82) is 0 Å². The first-order chi connectivity index (χ1) is 13.5. The number of carbonyl (C=O) groups is 1. The van der Waals surface area contributed by atoms with Crippen LogP contribution in [0.3, 0.4) is 0 Å². The highest BCUT2D eigenvalue weighted by molar-refractivity contribution is 9.10. The molecule has 0 saturated carbocycles. The lowest BCUT2D eigenvalue weighted by molar-refractivity contribution is 0.0711. The molecule has 5 heteroatoms.